The summed E-state index contributed by atoms with van der Waals surface area (Å²) in [6, 6.07) is 23.5. The number of hydrogen-bond donors (Lipinski definition) is 0. The van der Waals surface area contributed by atoms with E-state index in [1.54, 1.807) is 19.2 Å². The Kier molecular flexibility index (Phi) is 8.04. The molecular weight excluding hydrogens is 491 g/mol. The van der Waals surface area contributed by atoms with E-state index in [1.807, 2.05) is 48.6 Å². The van der Waals surface area contributed by atoms with Gasteiger partial charge in [-0.1, -0.05) is 48.6 Å². The molecular formula is C25H23IO4. The zero-order valence-corrected chi connectivity index (χ0v) is 19.0. The maximum Gasteiger partial charge on any atom is 0.337 e. The molecule has 5 heteroatoms. The Morgan fingerprint density at radius 1 is 0.900 bits per heavy atom. The van der Waals surface area contributed by atoms with Crippen LogP contribution >= 0.6 is 22.6 Å². The second-order valence-electron chi connectivity index (χ2n) is 6.55. The highest BCUT2D eigenvalue weighted by Gasteiger charge is 2.14. The van der Waals surface area contributed by atoms with Gasteiger partial charge in [-0.15, -0.1) is 0 Å². The van der Waals surface area contributed by atoms with Gasteiger partial charge in [0.25, 0.3) is 0 Å². The quantitative estimate of drug-likeness (QED) is 0.277. The number of benzene rings is 3. The fourth-order valence-corrected chi connectivity index (χ4v) is 3.34. The van der Waals surface area contributed by atoms with Crippen LogP contribution in [0.15, 0.2) is 78.9 Å². The smallest absolute Gasteiger partial charge is 0.337 e. The van der Waals surface area contributed by atoms with Crippen molar-refractivity contribution in [2.24, 2.45) is 0 Å². The molecule has 0 spiro atoms. The van der Waals surface area contributed by atoms with E-state index in [4.69, 9.17) is 14.2 Å². The summed E-state index contributed by atoms with van der Waals surface area (Å²) in [7, 11) is 3.03. The fourth-order valence-electron chi connectivity index (χ4n) is 2.99. The minimum Gasteiger partial charge on any atom is -0.497 e. The first-order chi connectivity index (χ1) is 14.6. The number of ether oxygens (including phenoxy) is 3. The van der Waals surface area contributed by atoms with Crippen LogP contribution < -0.4 is 4.74 Å². The third-order valence-corrected chi connectivity index (χ3v) is 5.31. The molecule has 0 amide bonds. The predicted octanol–water partition coefficient (Wildman–Crippen LogP) is 5.91. The number of hydrogen-bond acceptors (Lipinski definition) is 4. The average Bonchev–Trinajstić information content (AvgIpc) is 2.80. The molecule has 0 bridgehead atoms. The summed E-state index contributed by atoms with van der Waals surface area (Å²) < 4.78 is 17.4. The number of carbonyl (C=O) groups is 1. The van der Waals surface area contributed by atoms with E-state index in [-0.39, 0.29) is 12.1 Å². The molecule has 0 N–H and O–H groups in total. The summed E-state index contributed by atoms with van der Waals surface area (Å²) in [4.78, 5) is 11.5. The molecule has 3 aromatic carbocycles. The van der Waals surface area contributed by atoms with Gasteiger partial charge in [0.1, 0.15) is 11.9 Å². The van der Waals surface area contributed by atoms with Crippen molar-refractivity contribution in [2.75, 3.05) is 20.8 Å². The van der Waals surface area contributed by atoms with Gasteiger partial charge in [0, 0.05) is 3.57 Å². The Bertz CT molecular complexity index is 977. The molecule has 0 aliphatic heterocycles. The highest BCUT2D eigenvalue weighted by atomic mass is 127. The maximum atomic E-state index is 11.5. The minimum absolute atomic E-state index is 0.181. The van der Waals surface area contributed by atoms with E-state index < -0.39 is 0 Å². The molecule has 0 radical (unpaired) electrons. The molecule has 30 heavy (non-hydrogen) atoms. The van der Waals surface area contributed by atoms with Crippen LogP contribution in [0.3, 0.4) is 0 Å². The first-order valence-electron chi connectivity index (χ1n) is 9.46. The van der Waals surface area contributed by atoms with Crippen molar-refractivity contribution in [2.45, 2.75) is 6.10 Å². The van der Waals surface area contributed by atoms with E-state index in [1.165, 1.54) is 10.7 Å². The van der Waals surface area contributed by atoms with Gasteiger partial charge >= 0.3 is 5.97 Å². The Morgan fingerprint density at radius 2 is 1.50 bits per heavy atom. The Labute approximate surface area is 190 Å². The molecule has 3 rings (SSSR count). The molecule has 1 atom stereocenters. The molecule has 0 aliphatic carbocycles. The topological polar surface area (TPSA) is 44.8 Å². The summed E-state index contributed by atoms with van der Waals surface area (Å²) >= 11 is 2.30. The van der Waals surface area contributed by atoms with Gasteiger partial charge < -0.3 is 14.2 Å². The number of methoxy groups -OCH3 is 2. The third-order valence-electron chi connectivity index (χ3n) is 4.59. The monoisotopic (exact) mass is 514 g/mol. The lowest BCUT2D eigenvalue weighted by atomic mass is 10.0. The van der Waals surface area contributed by atoms with Crippen molar-refractivity contribution >= 4 is 34.6 Å². The molecule has 0 heterocycles. The van der Waals surface area contributed by atoms with Crippen LogP contribution in [-0.2, 0) is 9.47 Å². The summed E-state index contributed by atoms with van der Waals surface area (Å²) in [5.41, 5.74) is 3.68. The van der Waals surface area contributed by atoms with Crippen molar-refractivity contribution in [1.82, 2.24) is 0 Å². The molecule has 0 saturated heterocycles. The third kappa shape index (κ3) is 5.93. The number of halogens is 1. The summed E-state index contributed by atoms with van der Waals surface area (Å²) in [5, 5.41) is 0. The number of carbonyl (C=O) groups excluding carboxylic acids is 1. The van der Waals surface area contributed by atoms with Gasteiger partial charge in [-0.05, 0) is 75.7 Å². The molecule has 3 aromatic rings. The van der Waals surface area contributed by atoms with Crippen molar-refractivity contribution < 1.29 is 19.0 Å². The van der Waals surface area contributed by atoms with Crippen molar-refractivity contribution in [3.63, 3.8) is 0 Å². The molecule has 154 valence electrons. The van der Waals surface area contributed by atoms with Gasteiger partial charge in [-0.25, -0.2) is 4.79 Å². The number of esters is 1. The molecule has 0 aromatic heterocycles. The van der Waals surface area contributed by atoms with Gasteiger partial charge in [-0.2, -0.15) is 0 Å². The van der Waals surface area contributed by atoms with Gasteiger partial charge in [0.2, 0.25) is 0 Å². The first-order valence-corrected chi connectivity index (χ1v) is 10.5. The minimum atomic E-state index is -0.339. The van der Waals surface area contributed by atoms with Gasteiger partial charge in [-0.3, -0.25) is 0 Å². The predicted molar refractivity (Wildman–Crippen MR) is 127 cm³/mol. The summed E-state index contributed by atoms with van der Waals surface area (Å²) in [5.74, 6) is 0.476. The number of rotatable bonds is 8. The van der Waals surface area contributed by atoms with E-state index >= 15 is 0 Å². The second kappa shape index (κ2) is 10.9. The zero-order chi connectivity index (χ0) is 21.3. The molecule has 0 saturated carbocycles. The van der Waals surface area contributed by atoms with E-state index in [0.717, 1.165) is 22.4 Å². The summed E-state index contributed by atoms with van der Waals surface area (Å²) in [6.07, 6.45) is 3.76. The van der Waals surface area contributed by atoms with Crippen molar-refractivity contribution in [3.8, 4) is 5.75 Å². The Balaban J connectivity index is 1.70. The van der Waals surface area contributed by atoms with Crippen LogP contribution in [0.2, 0.25) is 0 Å². The van der Waals surface area contributed by atoms with Crippen LogP contribution in [0.4, 0.5) is 0 Å². The van der Waals surface area contributed by atoms with Crippen molar-refractivity contribution in [3.05, 3.63) is 105 Å². The maximum absolute atomic E-state index is 11.5. The highest BCUT2D eigenvalue weighted by Crippen LogP contribution is 2.28. The molecule has 4 nitrogen and oxygen atoms in total. The standard InChI is InChI=1S/C25H23IO4/c1-28-23-15-11-20(12-16-23)24(19-9-13-22(26)14-10-19)30-17-3-4-18-5-7-21(8-6-18)25(27)29-2/h3-16,24H,17H2,1-2H3/b4-3+. The van der Waals surface area contributed by atoms with Gasteiger partial charge in [0.15, 0.2) is 0 Å². The fraction of sp³-hybridized carbons (Fsp3) is 0.160. The molecule has 0 fully saturated rings. The van der Waals surface area contributed by atoms with Gasteiger partial charge in [0.05, 0.1) is 26.4 Å². The lowest BCUT2D eigenvalue weighted by Crippen LogP contribution is -2.06. The first kappa shape index (κ1) is 22.1. The summed E-state index contributed by atoms with van der Waals surface area (Å²) in [6.45, 7) is 0.446. The van der Waals surface area contributed by atoms with E-state index in [0.29, 0.717) is 12.2 Å². The van der Waals surface area contributed by atoms with E-state index in [2.05, 4.69) is 46.9 Å². The van der Waals surface area contributed by atoms with Crippen molar-refractivity contribution in [1.29, 1.82) is 0 Å². The van der Waals surface area contributed by atoms with Crippen LogP contribution in [0.5, 0.6) is 5.75 Å². The molecule has 1 unspecified atom stereocenters. The highest BCUT2D eigenvalue weighted by molar-refractivity contribution is 14.1. The molecule has 0 aliphatic rings. The normalized spacial score (nSPS) is 12.0. The van der Waals surface area contributed by atoms with Crippen LogP contribution in [0.1, 0.15) is 33.2 Å². The Hall–Kier alpha value is -2.64. The zero-order valence-electron chi connectivity index (χ0n) is 16.9. The largest absolute Gasteiger partial charge is 0.497 e. The second-order valence-corrected chi connectivity index (χ2v) is 7.80. The SMILES string of the molecule is COC(=O)c1ccc(/C=C/COC(c2ccc(I)cc2)c2ccc(OC)cc2)cc1. The van der Waals surface area contributed by atoms with Crippen LogP contribution in [0, 0.1) is 3.57 Å². The van der Waals surface area contributed by atoms with E-state index in [9.17, 15) is 4.79 Å². The Morgan fingerprint density at radius 3 is 2.07 bits per heavy atom. The lowest BCUT2D eigenvalue weighted by Gasteiger charge is -2.18. The lowest BCUT2D eigenvalue weighted by molar-refractivity contribution is 0.0600. The van der Waals surface area contributed by atoms with Crippen LogP contribution in [0.25, 0.3) is 6.08 Å². The average molecular weight is 514 g/mol. The van der Waals surface area contributed by atoms with Crippen LogP contribution in [-0.4, -0.2) is 26.8 Å².